The molecule has 0 N–H and O–H groups in total. The van der Waals surface area contributed by atoms with Crippen molar-refractivity contribution in [1.29, 1.82) is 0 Å². The van der Waals surface area contributed by atoms with Gasteiger partial charge in [-0.3, -0.25) is 0 Å². The molecule has 0 aliphatic heterocycles. The van der Waals surface area contributed by atoms with Crippen LogP contribution in [0, 0.1) is 6.92 Å². The molecule has 0 unspecified atom stereocenters. The van der Waals surface area contributed by atoms with Gasteiger partial charge in [-0.2, -0.15) is 0 Å². The molecule has 2 nitrogen and oxygen atoms in total. The van der Waals surface area contributed by atoms with Gasteiger partial charge < -0.3 is 4.84 Å². The van der Waals surface area contributed by atoms with Gasteiger partial charge in [-0.15, -0.1) is 0 Å². The van der Waals surface area contributed by atoms with Crippen LogP contribution in [0.1, 0.15) is 29.2 Å². The molecule has 2 aromatic rings. The Labute approximate surface area is 114 Å². The van der Waals surface area contributed by atoms with Crippen molar-refractivity contribution in [1.82, 2.24) is 0 Å². The van der Waals surface area contributed by atoms with Crippen LogP contribution in [0.25, 0.3) is 0 Å². The van der Waals surface area contributed by atoms with E-state index < -0.39 is 0 Å². The summed E-state index contributed by atoms with van der Waals surface area (Å²) in [6.07, 6.45) is 3.92. The van der Waals surface area contributed by atoms with Crippen molar-refractivity contribution < 1.29 is 4.84 Å². The van der Waals surface area contributed by atoms with Crippen LogP contribution in [-0.2, 0) is 17.9 Å². The van der Waals surface area contributed by atoms with Crippen LogP contribution in [0.15, 0.2) is 53.7 Å². The van der Waals surface area contributed by atoms with Crippen LogP contribution < -0.4 is 0 Å². The van der Waals surface area contributed by atoms with E-state index in [9.17, 15) is 0 Å². The third-order valence-electron chi connectivity index (χ3n) is 2.95. The van der Waals surface area contributed by atoms with Crippen LogP contribution in [0.2, 0.25) is 0 Å². The predicted octanol–water partition coefficient (Wildman–Crippen LogP) is 3.99. The Morgan fingerprint density at radius 3 is 2.21 bits per heavy atom. The summed E-state index contributed by atoms with van der Waals surface area (Å²) in [5.41, 5.74) is 4.60. The number of aryl methyl sites for hydroxylation is 2. The summed E-state index contributed by atoms with van der Waals surface area (Å²) in [7, 11) is 0. The second kappa shape index (κ2) is 6.74. The van der Waals surface area contributed by atoms with Crippen LogP contribution >= 0.6 is 0 Å². The minimum atomic E-state index is 0.473. The third kappa shape index (κ3) is 4.25. The average molecular weight is 252 g/mol. The average Bonchev–Trinajstić information content (AvgIpc) is 2.46. The maximum absolute atomic E-state index is 5.23. The van der Waals surface area contributed by atoms with E-state index in [4.69, 9.17) is 4.84 Å². The molecule has 0 saturated carbocycles. The molecule has 0 fully saturated rings. The van der Waals surface area contributed by atoms with Crippen molar-refractivity contribution in [3.63, 3.8) is 0 Å². The van der Waals surface area contributed by atoms with E-state index in [1.54, 1.807) is 0 Å². The topological polar surface area (TPSA) is 21.6 Å². The summed E-state index contributed by atoms with van der Waals surface area (Å²) in [6, 6.07) is 16.4. The van der Waals surface area contributed by atoms with Crippen molar-refractivity contribution in [3.05, 3.63) is 70.8 Å². The molecule has 0 aromatic heterocycles. The number of benzene rings is 2. The van der Waals surface area contributed by atoms with E-state index in [0.717, 1.165) is 17.5 Å². The van der Waals surface area contributed by atoms with Gasteiger partial charge in [0.15, 0.2) is 0 Å². The summed E-state index contributed by atoms with van der Waals surface area (Å²) in [5.74, 6) is 0. The Bertz CT molecular complexity index is 526. The Kier molecular flexibility index (Phi) is 4.73. The first kappa shape index (κ1) is 13.3. The zero-order valence-electron chi connectivity index (χ0n) is 11.4. The molecule has 0 amide bonds. The highest BCUT2D eigenvalue weighted by atomic mass is 16.6. The maximum atomic E-state index is 5.23. The third-order valence-corrected chi connectivity index (χ3v) is 2.95. The summed E-state index contributed by atoms with van der Waals surface area (Å²) >= 11 is 0. The quantitative estimate of drug-likeness (QED) is 0.582. The van der Waals surface area contributed by atoms with Gasteiger partial charge in [0.05, 0.1) is 0 Å². The van der Waals surface area contributed by atoms with Gasteiger partial charge >= 0.3 is 0 Å². The number of nitrogens with zero attached hydrogens (tertiary/aromatic N) is 1. The second-order valence-electron chi connectivity index (χ2n) is 4.51. The number of rotatable bonds is 5. The standard InChI is InChI=1S/C17H18NO/c1-3-15-8-10-16(11-9-15)12-18-19-13-17-6-4-14(2)5-7-17/h4-11H,3,13H2,1-2H3. The van der Waals surface area contributed by atoms with Crippen molar-refractivity contribution in [2.45, 2.75) is 26.9 Å². The van der Waals surface area contributed by atoms with Crippen molar-refractivity contribution >= 4 is 6.21 Å². The van der Waals surface area contributed by atoms with E-state index in [1.165, 1.54) is 11.1 Å². The van der Waals surface area contributed by atoms with Crippen LogP contribution in [0.5, 0.6) is 0 Å². The van der Waals surface area contributed by atoms with Crippen LogP contribution in [-0.4, -0.2) is 6.21 Å². The molecule has 0 heterocycles. The molecule has 0 spiro atoms. The monoisotopic (exact) mass is 252 g/mol. The van der Waals surface area contributed by atoms with Gasteiger partial charge in [0.2, 0.25) is 0 Å². The highest BCUT2D eigenvalue weighted by Crippen LogP contribution is 2.05. The summed E-state index contributed by atoms with van der Waals surface area (Å²) < 4.78 is 0. The molecule has 0 saturated heterocycles. The lowest BCUT2D eigenvalue weighted by Crippen LogP contribution is -1.89. The first-order valence-electron chi connectivity index (χ1n) is 6.50. The molecule has 19 heavy (non-hydrogen) atoms. The van der Waals surface area contributed by atoms with Gasteiger partial charge in [0.25, 0.3) is 0 Å². The fourth-order valence-electron chi connectivity index (χ4n) is 1.69. The molecular formula is C17H18NO. The zero-order chi connectivity index (χ0) is 13.5. The largest absolute Gasteiger partial charge is 0.390 e. The van der Waals surface area contributed by atoms with Gasteiger partial charge in [-0.1, -0.05) is 66.2 Å². The van der Waals surface area contributed by atoms with E-state index in [2.05, 4.69) is 49.5 Å². The van der Waals surface area contributed by atoms with Crippen LogP contribution in [0.3, 0.4) is 0 Å². The molecule has 97 valence electrons. The molecule has 2 rings (SSSR count). The van der Waals surface area contributed by atoms with Crippen molar-refractivity contribution in [2.75, 3.05) is 0 Å². The first-order chi connectivity index (χ1) is 9.28. The van der Waals surface area contributed by atoms with E-state index in [-0.39, 0.29) is 0 Å². The zero-order valence-corrected chi connectivity index (χ0v) is 11.4. The number of hydrogen-bond donors (Lipinski definition) is 0. The Morgan fingerprint density at radius 1 is 0.947 bits per heavy atom. The highest BCUT2D eigenvalue weighted by Gasteiger charge is 1.93. The summed E-state index contributed by atoms with van der Waals surface area (Å²) in [6.45, 7) is 4.67. The van der Waals surface area contributed by atoms with E-state index >= 15 is 0 Å². The molecule has 0 aliphatic rings. The van der Waals surface area contributed by atoms with Gasteiger partial charge in [-0.05, 0) is 24.5 Å². The smallest absolute Gasteiger partial charge is 0.142 e. The van der Waals surface area contributed by atoms with Crippen LogP contribution in [0.4, 0.5) is 0 Å². The Hall–Kier alpha value is -2.09. The van der Waals surface area contributed by atoms with Gasteiger partial charge in [0, 0.05) is 5.56 Å². The Morgan fingerprint density at radius 2 is 1.58 bits per heavy atom. The Balaban J connectivity index is 1.84. The SMILES string of the molecule is CCc1ccc(/[C]=N\OCc2ccc(C)cc2)cc1. The van der Waals surface area contributed by atoms with E-state index in [1.807, 2.05) is 24.3 Å². The lowest BCUT2D eigenvalue weighted by Gasteiger charge is -2.00. The van der Waals surface area contributed by atoms with Crippen molar-refractivity contribution in [2.24, 2.45) is 5.16 Å². The number of hydrogen-bond acceptors (Lipinski definition) is 2. The lowest BCUT2D eigenvalue weighted by molar-refractivity contribution is 0.132. The molecule has 0 aliphatic carbocycles. The molecule has 2 aromatic carbocycles. The first-order valence-corrected chi connectivity index (χ1v) is 6.50. The maximum Gasteiger partial charge on any atom is 0.142 e. The molecular weight excluding hydrogens is 234 g/mol. The fourth-order valence-corrected chi connectivity index (χ4v) is 1.69. The molecule has 2 heteroatoms. The lowest BCUT2D eigenvalue weighted by atomic mass is 10.1. The highest BCUT2D eigenvalue weighted by molar-refractivity contribution is 5.79. The fraction of sp³-hybridized carbons (Fsp3) is 0.235. The molecule has 0 bridgehead atoms. The van der Waals surface area contributed by atoms with Gasteiger partial charge in [-0.25, -0.2) is 0 Å². The summed E-state index contributed by atoms with van der Waals surface area (Å²) in [5, 5.41) is 3.86. The van der Waals surface area contributed by atoms with E-state index in [0.29, 0.717) is 6.61 Å². The normalized spacial score (nSPS) is 10.8. The molecule has 1 radical (unpaired) electrons. The second-order valence-corrected chi connectivity index (χ2v) is 4.51. The molecule has 0 atom stereocenters. The minimum Gasteiger partial charge on any atom is -0.390 e. The van der Waals surface area contributed by atoms with Gasteiger partial charge in [0.1, 0.15) is 12.8 Å². The minimum absolute atomic E-state index is 0.473. The van der Waals surface area contributed by atoms with Crippen molar-refractivity contribution in [3.8, 4) is 0 Å². The predicted molar refractivity (Wildman–Crippen MR) is 78.3 cm³/mol. The summed E-state index contributed by atoms with van der Waals surface area (Å²) in [4.78, 5) is 5.23.